The molecule has 1 aromatic rings. The lowest BCUT2D eigenvalue weighted by atomic mass is 9.92. The van der Waals surface area contributed by atoms with Crippen LogP contribution in [-0.4, -0.2) is 25.0 Å². The Kier molecular flexibility index (Phi) is 5.32. The summed E-state index contributed by atoms with van der Waals surface area (Å²) in [5.41, 5.74) is 0.284. The van der Waals surface area contributed by atoms with Crippen LogP contribution in [0.25, 0.3) is 0 Å². The zero-order valence-corrected chi connectivity index (χ0v) is 12.1. The number of anilines is 1. The Bertz CT molecular complexity index is 430. The summed E-state index contributed by atoms with van der Waals surface area (Å²) < 4.78 is 12.9. The highest BCUT2D eigenvalue weighted by Gasteiger charge is 2.41. The van der Waals surface area contributed by atoms with E-state index >= 15 is 0 Å². The SMILES string of the molecule is CCC1(C(=O)N(C)c2ccc(F)cc2)CCCN1.Cl. The molecule has 1 aliphatic heterocycles. The van der Waals surface area contributed by atoms with E-state index in [1.165, 1.54) is 12.1 Å². The average molecular weight is 287 g/mol. The minimum Gasteiger partial charge on any atom is -0.314 e. The summed E-state index contributed by atoms with van der Waals surface area (Å²) in [6.07, 6.45) is 2.67. The van der Waals surface area contributed by atoms with Gasteiger partial charge in [0.15, 0.2) is 0 Å². The van der Waals surface area contributed by atoms with Crippen molar-refractivity contribution in [1.82, 2.24) is 5.32 Å². The number of hydrogen-bond donors (Lipinski definition) is 1. The van der Waals surface area contributed by atoms with E-state index in [0.29, 0.717) is 0 Å². The number of halogens is 2. The van der Waals surface area contributed by atoms with Gasteiger partial charge in [-0.2, -0.15) is 0 Å². The van der Waals surface area contributed by atoms with Crippen LogP contribution in [0.1, 0.15) is 26.2 Å². The topological polar surface area (TPSA) is 32.3 Å². The third-order valence-corrected chi connectivity index (χ3v) is 3.78. The van der Waals surface area contributed by atoms with E-state index in [1.54, 1.807) is 24.1 Å². The van der Waals surface area contributed by atoms with Gasteiger partial charge in [-0.1, -0.05) is 6.92 Å². The molecule has 1 fully saturated rings. The number of likely N-dealkylation sites (N-methyl/N-ethyl adjacent to an activating group) is 1. The molecule has 106 valence electrons. The molecule has 3 nitrogen and oxygen atoms in total. The fourth-order valence-corrected chi connectivity index (χ4v) is 2.54. The molecule has 1 amide bonds. The van der Waals surface area contributed by atoms with Crippen LogP contribution < -0.4 is 10.2 Å². The number of amides is 1. The van der Waals surface area contributed by atoms with E-state index in [2.05, 4.69) is 5.32 Å². The first-order valence-electron chi connectivity index (χ1n) is 6.38. The molecule has 2 rings (SSSR count). The molecule has 1 saturated heterocycles. The second kappa shape index (κ2) is 6.35. The van der Waals surface area contributed by atoms with Crippen LogP contribution in [0.2, 0.25) is 0 Å². The minimum absolute atomic E-state index is 0. The molecule has 5 heteroatoms. The maximum absolute atomic E-state index is 12.9. The van der Waals surface area contributed by atoms with Gasteiger partial charge in [0.25, 0.3) is 0 Å². The van der Waals surface area contributed by atoms with Gasteiger partial charge >= 0.3 is 0 Å². The molecule has 0 aliphatic carbocycles. The standard InChI is InChI=1S/C14H19FN2O.ClH/c1-3-14(9-4-10-16-14)13(18)17(2)12-7-5-11(15)6-8-12;/h5-8,16H,3-4,9-10H2,1-2H3;1H. The van der Waals surface area contributed by atoms with Crippen molar-refractivity contribution in [2.45, 2.75) is 31.7 Å². The molecule has 19 heavy (non-hydrogen) atoms. The third kappa shape index (κ3) is 3.07. The first-order chi connectivity index (χ1) is 8.59. The fraction of sp³-hybridized carbons (Fsp3) is 0.500. The molecule has 1 atom stereocenters. The van der Waals surface area contributed by atoms with Gasteiger partial charge in [0.1, 0.15) is 5.82 Å². The van der Waals surface area contributed by atoms with Gasteiger partial charge < -0.3 is 10.2 Å². The Balaban J connectivity index is 0.00000180. The van der Waals surface area contributed by atoms with E-state index in [1.807, 2.05) is 6.92 Å². The summed E-state index contributed by atoms with van der Waals surface area (Å²) in [7, 11) is 1.74. The van der Waals surface area contributed by atoms with Gasteiger partial charge in [0, 0.05) is 12.7 Å². The molecule has 0 spiro atoms. The highest BCUT2D eigenvalue weighted by Crippen LogP contribution is 2.27. The number of nitrogens with zero attached hydrogens (tertiary/aromatic N) is 1. The molecular formula is C14H20ClFN2O. The van der Waals surface area contributed by atoms with Crippen LogP contribution in [0, 0.1) is 5.82 Å². The van der Waals surface area contributed by atoms with E-state index in [9.17, 15) is 9.18 Å². The lowest BCUT2D eigenvalue weighted by molar-refractivity contribution is -0.124. The summed E-state index contributed by atoms with van der Waals surface area (Å²) >= 11 is 0. The van der Waals surface area contributed by atoms with Crippen LogP contribution in [0.3, 0.4) is 0 Å². The van der Waals surface area contributed by atoms with Crippen molar-refractivity contribution in [3.05, 3.63) is 30.1 Å². The number of hydrogen-bond acceptors (Lipinski definition) is 2. The molecule has 0 bridgehead atoms. The molecule has 1 aliphatic rings. The van der Waals surface area contributed by atoms with Crippen molar-refractivity contribution in [2.75, 3.05) is 18.5 Å². The highest BCUT2D eigenvalue weighted by molar-refractivity contribution is 6.00. The maximum atomic E-state index is 12.9. The third-order valence-electron chi connectivity index (χ3n) is 3.78. The second-order valence-corrected chi connectivity index (χ2v) is 4.81. The number of rotatable bonds is 3. The molecule has 1 heterocycles. The monoisotopic (exact) mass is 286 g/mol. The normalized spacial score (nSPS) is 21.8. The summed E-state index contributed by atoms with van der Waals surface area (Å²) in [5.74, 6) is -0.224. The summed E-state index contributed by atoms with van der Waals surface area (Å²) in [4.78, 5) is 14.2. The maximum Gasteiger partial charge on any atom is 0.247 e. The molecule has 0 saturated carbocycles. The largest absolute Gasteiger partial charge is 0.314 e. The van der Waals surface area contributed by atoms with E-state index in [4.69, 9.17) is 0 Å². The van der Waals surface area contributed by atoms with Gasteiger partial charge in [-0.25, -0.2) is 4.39 Å². The highest BCUT2D eigenvalue weighted by atomic mass is 35.5. The van der Waals surface area contributed by atoms with E-state index in [0.717, 1.165) is 31.5 Å². The Morgan fingerprint density at radius 1 is 1.42 bits per heavy atom. The van der Waals surface area contributed by atoms with Crippen molar-refractivity contribution >= 4 is 24.0 Å². The van der Waals surface area contributed by atoms with Crippen molar-refractivity contribution in [3.8, 4) is 0 Å². The van der Waals surface area contributed by atoms with Crippen LogP contribution in [0.4, 0.5) is 10.1 Å². The fourth-order valence-electron chi connectivity index (χ4n) is 2.54. The smallest absolute Gasteiger partial charge is 0.247 e. The van der Waals surface area contributed by atoms with Crippen LogP contribution in [0.15, 0.2) is 24.3 Å². The Labute approximate surface area is 119 Å². The number of nitrogens with one attached hydrogen (secondary N) is 1. The minimum atomic E-state index is -0.441. The molecule has 1 N–H and O–H groups in total. The molecule has 0 radical (unpaired) electrons. The van der Waals surface area contributed by atoms with E-state index in [-0.39, 0.29) is 24.1 Å². The lowest BCUT2D eigenvalue weighted by Crippen LogP contribution is -2.53. The number of benzene rings is 1. The van der Waals surface area contributed by atoms with Crippen molar-refractivity contribution in [1.29, 1.82) is 0 Å². The number of carbonyl (C=O) groups is 1. The summed E-state index contributed by atoms with van der Waals surface area (Å²) in [5, 5.41) is 3.32. The van der Waals surface area contributed by atoms with Crippen molar-refractivity contribution < 1.29 is 9.18 Å². The van der Waals surface area contributed by atoms with Crippen molar-refractivity contribution in [3.63, 3.8) is 0 Å². The zero-order chi connectivity index (χ0) is 13.2. The molecule has 0 aromatic heterocycles. The predicted molar refractivity (Wildman–Crippen MR) is 77.3 cm³/mol. The molecular weight excluding hydrogens is 267 g/mol. The first kappa shape index (κ1) is 15.9. The quantitative estimate of drug-likeness (QED) is 0.927. The van der Waals surface area contributed by atoms with Gasteiger partial charge in [-0.3, -0.25) is 4.79 Å². The van der Waals surface area contributed by atoms with Crippen molar-refractivity contribution in [2.24, 2.45) is 0 Å². The second-order valence-electron chi connectivity index (χ2n) is 4.81. The van der Waals surface area contributed by atoms with Gasteiger partial charge in [-0.05, 0) is 50.1 Å². The van der Waals surface area contributed by atoms with Crippen LogP contribution in [-0.2, 0) is 4.79 Å². The lowest BCUT2D eigenvalue weighted by Gasteiger charge is -2.31. The van der Waals surface area contributed by atoms with Gasteiger partial charge in [0.05, 0.1) is 5.54 Å². The Hall–Kier alpha value is -1.13. The van der Waals surface area contributed by atoms with Gasteiger partial charge in [0.2, 0.25) is 5.91 Å². The molecule has 1 aromatic carbocycles. The number of carbonyl (C=O) groups excluding carboxylic acids is 1. The van der Waals surface area contributed by atoms with Crippen LogP contribution >= 0.6 is 12.4 Å². The Morgan fingerprint density at radius 3 is 2.53 bits per heavy atom. The van der Waals surface area contributed by atoms with E-state index < -0.39 is 5.54 Å². The summed E-state index contributed by atoms with van der Waals surface area (Å²) in [6, 6.07) is 6.01. The average Bonchev–Trinajstić information content (AvgIpc) is 2.88. The van der Waals surface area contributed by atoms with Gasteiger partial charge in [-0.15, -0.1) is 12.4 Å². The predicted octanol–water partition coefficient (Wildman–Crippen LogP) is 2.74. The summed E-state index contributed by atoms with van der Waals surface area (Å²) in [6.45, 7) is 2.91. The first-order valence-corrected chi connectivity index (χ1v) is 6.38. The molecule has 1 unspecified atom stereocenters. The Morgan fingerprint density at radius 2 is 2.05 bits per heavy atom. The zero-order valence-electron chi connectivity index (χ0n) is 11.3. The van der Waals surface area contributed by atoms with Crippen LogP contribution in [0.5, 0.6) is 0 Å².